The third-order valence-corrected chi connectivity index (χ3v) is 5.21. The summed E-state index contributed by atoms with van der Waals surface area (Å²) in [5.41, 5.74) is 2.62. The molecule has 0 aliphatic carbocycles. The van der Waals surface area contributed by atoms with Gasteiger partial charge in [0, 0.05) is 37.2 Å². The van der Waals surface area contributed by atoms with E-state index in [2.05, 4.69) is 39.9 Å². The average molecular weight is 443 g/mol. The lowest BCUT2D eigenvalue weighted by atomic mass is 9.99. The maximum Gasteiger partial charge on any atom is 0.251 e. The van der Waals surface area contributed by atoms with Crippen molar-refractivity contribution in [1.29, 1.82) is 0 Å². The number of aliphatic imine (C=N–C) groups is 1. The Bertz CT molecular complexity index is 858. The quantitative estimate of drug-likeness (QED) is 0.345. The topological polar surface area (TPSA) is 94.8 Å². The van der Waals surface area contributed by atoms with Crippen molar-refractivity contribution < 1.29 is 9.32 Å². The van der Waals surface area contributed by atoms with Crippen LogP contribution in [0.5, 0.6) is 0 Å². The summed E-state index contributed by atoms with van der Waals surface area (Å²) in [6.07, 6.45) is 2.10. The molecule has 3 N–H and O–H groups in total. The average Bonchev–Trinajstić information content (AvgIpc) is 3.25. The van der Waals surface area contributed by atoms with Gasteiger partial charge >= 0.3 is 0 Å². The second-order valence-corrected chi connectivity index (χ2v) is 8.04. The lowest BCUT2D eigenvalue weighted by Crippen LogP contribution is -2.36. The van der Waals surface area contributed by atoms with E-state index in [0.29, 0.717) is 37.1 Å². The number of hydrogen-bond donors (Lipinski definition) is 3. The van der Waals surface area contributed by atoms with E-state index in [4.69, 9.17) is 4.52 Å². The highest BCUT2D eigenvalue weighted by atomic mass is 16.5. The van der Waals surface area contributed by atoms with E-state index in [-0.39, 0.29) is 5.91 Å². The molecular formula is C24H38N6O2. The molecule has 0 aliphatic rings. The van der Waals surface area contributed by atoms with Crippen LogP contribution in [0.2, 0.25) is 0 Å². The lowest BCUT2D eigenvalue weighted by molar-refractivity contribution is 0.0951. The van der Waals surface area contributed by atoms with Crippen molar-refractivity contribution in [2.75, 3.05) is 33.7 Å². The van der Waals surface area contributed by atoms with E-state index >= 15 is 0 Å². The SMILES string of the molecule is CCNC(=NCc1cccc(C(=O)NCCN(C)C)c1)NCc1cc(C(CC)CC)no1. The molecule has 2 aromatic rings. The first-order valence-corrected chi connectivity index (χ1v) is 11.5. The summed E-state index contributed by atoms with van der Waals surface area (Å²) in [6.45, 7) is 9.49. The second-order valence-electron chi connectivity index (χ2n) is 8.04. The largest absolute Gasteiger partial charge is 0.359 e. The third-order valence-electron chi connectivity index (χ3n) is 5.21. The van der Waals surface area contributed by atoms with Gasteiger partial charge in [-0.3, -0.25) is 4.79 Å². The van der Waals surface area contributed by atoms with Gasteiger partial charge in [0.15, 0.2) is 11.7 Å². The van der Waals surface area contributed by atoms with Crippen molar-refractivity contribution >= 4 is 11.9 Å². The summed E-state index contributed by atoms with van der Waals surface area (Å²) in [7, 11) is 3.96. The molecule has 0 aliphatic heterocycles. The molecule has 8 heteroatoms. The lowest BCUT2D eigenvalue weighted by Gasteiger charge is -2.11. The Kier molecular flexibility index (Phi) is 10.7. The predicted molar refractivity (Wildman–Crippen MR) is 129 cm³/mol. The van der Waals surface area contributed by atoms with Gasteiger partial charge in [0.1, 0.15) is 0 Å². The molecule has 0 unspecified atom stereocenters. The minimum Gasteiger partial charge on any atom is -0.359 e. The summed E-state index contributed by atoms with van der Waals surface area (Å²) in [4.78, 5) is 19.1. The zero-order valence-electron chi connectivity index (χ0n) is 20.1. The van der Waals surface area contributed by atoms with Crippen molar-refractivity contribution in [2.45, 2.75) is 52.6 Å². The van der Waals surface area contributed by atoms with Gasteiger partial charge in [0.2, 0.25) is 0 Å². The second kappa shape index (κ2) is 13.5. The number of hydrogen-bond acceptors (Lipinski definition) is 5. The van der Waals surface area contributed by atoms with Crippen molar-refractivity contribution in [3.63, 3.8) is 0 Å². The third kappa shape index (κ3) is 8.34. The number of benzene rings is 1. The Balaban J connectivity index is 1.96. The standard InChI is InChI=1S/C24H38N6O2/c1-6-19(7-2)22-15-21(32-29-22)17-28-24(25-8-3)27-16-18-10-9-11-20(14-18)23(31)26-12-13-30(4)5/h9-11,14-15,19H,6-8,12-13,16-17H2,1-5H3,(H,26,31)(H2,25,27,28). The van der Waals surface area contributed by atoms with Gasteiger partial charge in [-0.2, -0.15) is 0 Å². The molecule has 1 heterocycles. The molecule has 2 rings (SSSR count). The molecule has 8 nitrogen and oxygen atoms in total. The Labute approximate surface area is 191 Å². The van der Waals surface area contributed by atoms with Gasteiger partial charge in [-0.1, -0.05) is 31.1 Å². The van der Waals surface area contributed by atoms with Crippen molar-refractivity contribution in [3.8, 4) is 0 Å². The van der Waals surface area contributed by atoms with Crippen LogP contribution < -0.4 is 16.0 Å². The highest BCUT2D eigenvalue weighted by Gasteiger charge is 2.13. The Morgan fingerprint density at radius 2 is 1.91 bits per heavy atom. The summed E-state index contributed by atoms with van der Waals surface area (Å²) < 4.78 is 5.49. The predicted octanol–water partition coefficient (Wildman–Crippen LogP) is 3.12. The maximum atomic E-state index is 12.4. The van der Waals surface area contributed by atoms with Gasteiger partial charge in [-0.05, 0) is 51.6 Å². The highest BCUT2D eigenvalue weighted by molar-refractivity contribution is 5.94. The van der Waals surface area contributed by atoms with E-state index in [1.54, 1.807) is 0 Å². The van der Waals surface area contributed by atoms with Gasteiger partial charge in [0.25, 0.3) is 5.91 Å². The molecule has 0 radical (unpaired) electrons. The fourth-order valence-corrected chi connectivity index (χ4v) is 3.30. The molecule has 1 aromatic carbocycles. The van der Waals surface area contributed by atoms with Crippen LogP contribution in [0, 0.1) is 0 Å². The van der Waals surface area contributed by atoms with Gasteiger partial charge in [0.05, 0.1) is 18.8 Å². The first kappa shape index (κ1) is 25.4. The van der Waals surface area contributed by atoms with Crippen LogP contribution in [-0.2, 0) is 13.1 Å². The Morgan fingerprint density at radius 3 is 2.59 bits per heavy atom. The summed E-state index contributed by atoms with van der Waals surface area (Å²) in [5, 5.41) is 13.7. The molecule has 0 saturated heterocycles. The van der Waals surface area contributed by atoms with Gasteiger partial charge < -0.3 is 25.4 Å². The van der Waals surface area contributed by atoms with Crippen LogP contribution in [0.3, 0.4) is 0 Å². The molecule has 0 spiro atoms. The van der Waals surface area contributed by atoms with Crippen LogP contribution >= 0.6 is 0 Å². The zero-order chi connectivity index (χ0) is 23.3. The number of likely N-dealkylation sites (N-methyl/N-ethyl adjacent to an activating group) is 1. The number of guanidine groups is 1. The first-order chi connectivity index (χ1) is 15.5. The van der Waals surface area contributed by atoms with E-state index in [1.165, 1.54) is 0 Å². The fraction of sp³-hybridized carbons (Fsp3) is 0.542. The normalized spacial score (nSPS) is 11.8. The molecule has 1 amide bonds. The molecule has 0 atom stereocenters. The minimum absolute atomic E-state index is 0.0682. The fourth-order valence-electron chi connectivity index (χ4n) is 3.30. The van der Waals surface area contributed by atoms with Crippen molar-refractivity contribution in [2.24, 2.45) is 4.99 Å². The molecule has 1 aromatic heterocycles. The molecule has 176 valence electrons. The van der Waals surface area contributed by atoms with Crippen molar-refractivity contribution in [1.82, 2.24) is 26.0 Å². The molecule has 0 saturated carbocycles. The van der Waals surface area contributed by atoms with E-state index in [1.807, 2.05) is 56.3 Å². The monoisotopic (exact) mass is 442 g/mol. The summed E-state index contributed by atoms with van der Waals surface area (Å²) >= 11 is 0. The van der Waals surface area contributed by atoms with E-state index < -0.39 is 0 Å². The van der Waals surface area contributed by atoms with E-state index in [9.17, 15) is 4.79 Å². The zero-order valence-corrected chi connectivity index (χ0v) is 20.1. The highest BCUT2D eigenvalue weighted by Crippen LogP contribution is 2.22. The van der Waals surface area contributed by atoms with Crippen LogP contribution in [0.25, 0.3) is 0 Å². The summed E-state index contributed by atoms with van der Waals surface area (Å²) in [5.74, 6) is 1.84. The van der Waals surface area contributed by atoms with Crippen molar-refractivity contribution in [3.05, 3.63) is 52.9 Å². The van der Waals surface area contributed by atoms with Crippen LogP contribution in [-0.4, -0.2) is 55.7 Å². The minimum atomic E-state index is -0.0682. The van der Waals surface area contributed by atoms with Crippen LogP contribution in [0.1, 0.15) is 66.9 Å². The number of rotatable bonds is 12. The number of carbonyl (C=O) groups excluding carboxylic acids is 1. The maximum absolute atomic E-state index is 12.4. The van der Waals surface area contributed by atoms with Gasteiger partial charge in [-0.25, -0.2) is 4.99 Å². The smallest absolute Gasteiger partial charge is 0.251 e. The van der Waals surface area contributed by atoms with Gasteiger partial charge in [-0.15, -0.1) is 0 Å². The number of nitrogens with one attached hydrogen (secondary N) is 3. The molecule has 32 heavy (non-hydrogen) atoms. The van der Waals surface area contributed by atoms with Crippen LogP contribution in [0.4, 0.5) is 0 Å². The van der Waals surface area contributed by atoms with Crippen LogP contribution in [0.15, 0.2) is 39.8 Å². The Morgan fingerprint density at radius 1 is 1.12 bits per heavy atom. The number of carbonyl (C=O) groups is 1. The molecule has 0 fully saturated rings. The molecule has 0 bridgehead atoms. The number of amides is 1. The number of nitrogens with zero attached hydrogens (tertiary/aromatic N) is 3. The number of aromatic nitrogens is 1. The first-order valence-electron chi connectivity index (χ1n) is 11.5. The molecular weight excluding hydrogens is 404 g/mol. The Hall–Kier alpha value is -2.87. The summed E-state index contributed by atoms with van der Waals surface area (Å²) in [6, 6.07) is 9.59. The van der Waals surface area contributed by atoms with E-state index in [0.717, 1.165) is 42.9 Å².